The molecule has 6 heteroatoms. The Balaban J connectivity index is 4.34. The molecule has 6 nitrogen and oxygen atoms in total. The van der Waals surface area contributed by atoms with Crippen LogP contribution in [-0.4, -0.2) is 37.2 Å². The largest absolute Gasteiger partial charge is 0.462 e. The van der Waals surface area contributed by atoms with Crippen LogP contribution >= 0.6 is 0 Å². The zero-order valence-corrected chi connectivity index (χ0v) is 44.2. The molecule has 0 aromatic rings. The summed E-state index contributed by atoms with van der Waals surface area (Å²) in [5.74, 6) is -0.875. The molecule has 0 aromatic heterocycles. The van der Waals surface area contributed by atoms with E-state index in [-0.39, 0.29) is 31.1 Å². The fourth-order valence-electron chi connectivity index (χ4n) is 8.43. The molecule has 66 heavy (non-hydrogen) atoms. The fourth-order valence-corrected chi connectivity index (χ4v) is 8.43. The Morgan fingerprint density at radius 3 is 0.773 bits per heavy atom. The number of allylic oxidation sites excluding steroid dienone is 6. The highest BCUT2D eigenvalue weighted by molar-refractivity contribution is 5.71. The SMILES string of the molecule is CCCCCC/C=C/CCCCCCCCCC(=O)O[C@H](COC(=O)CCCCCCC/C=C/CCCCCCC)COC(=O)CCCCCCCCCCC/C=C/CCCCCCCC. The summed E-state index contributed by atoms with van der Waals surface area (Å²) in [6.45, 7) is 6.64. The molecule has 0 fully saturated rings. The smallest absolute Gasteiger partial charge is 0.306 e. The topological polar surface area (TPSA) is 78.9 Å². The lowest BCUT2D eigenvalue weighted by molar-refractivity contribution is -0.167. The summed E-state index contributed by atoms with van der Waals surface area (Å²) in [5, 5.41) is 0. The van der Waals surface area contributed by atoms with E-state index in [1.165, 1.54) is 205 Å². The van der Waals surface area contributed by atoms with Crippen molar-refractivity contribution in [3.8, 4) is 0 Å². The van der Waals surface area contributed by atoms with Crippen molar-refractivity contribution in [3.05, 3.63) is 36.5 Å². The first-order valence-corrected chi connectivity index (χ1v) is 29.0. The number of hydrogen-bond donors (Lipinski definition) is 0. The van der Waals surface area contributed by atoms with Gasteiger partial charge in [-0.05, 0) is 96.3 Å². The zero-order valence-electron chi connectivity index (χ0n) is 44.2. The van der Waals surface area contributed by atoms with Crippen LogP contribution in [0.4, 0.5) is 0 Å². The Hall–Kier alpha value is -2.37. The summed E-state index contributed by atoms with van der Waals surface area (Å²) >= 11 is 0. The van der Waals surface area contributed by atoms with Gasteiger partial charge in [0, 0.05) is 19.3 Å². The summed E-state index contributed by atoms with van der Waals surface area (Å²) in [5.41, 5.74) is 0. The predicted octanol–water partition coefficient (Wildman–Crippen LogP) is 19.3. The maximum atomic E-state index is 12.8. The van der Waals surface area contributed by atoms with Crippen LogP contribution in [0.2, 0.25) is 0 Å². The zero-order chi connectivity index (χ0) is 47.9. The van der Waals surface area contributed by atoms with Gasteiger partial charge in [-0.2, -0.15) is 0 Å². The van der Waals surface area contributed by atoms with Crippen LogP contribution in [0.3, 0.4) is 0 Å². The average Bonchev–Trinajstić information content (AvgIpc) is 3.31. The van der Waals surface area contributed by atoms with Crippen LogP contribution in [0.15, 0.2) is 36.5 Å². The van der Waals surface area contributed by atoms with Gasteiger partial charge >= 0.3 is 17.9 Å². The Morgan fingerprint density at radius 2 is 0.500 bits per heavy atom. The molecule has 0 saturated carbocycles. The first kappa shape index (κ1) is 63.6. The Morgan fingerprint density at radius 1 is 0.288 bits per heavy atom. The molecule has 0 aliphatic heterocycles. The van der Waals surface area contributed by atoms with Gasteiger partial charge in [-0.3, -0.25) is 14.4 Å². The minimum Gasteiger partial charge on any atom is -0.462 e. The van der Waals surface area contributed by atoms with Crippen molar-refractivity contribution >= 4 is 17.9 Å². The van der Waals surface area contributed by atoms with Crippen molar-refractivity contribution in [2.45, 2.75) is 316 Å². The van der Waals surface area contributed by atoms with E-state index in [1.807, 2.05) is 0 Å². The number of carbonyl (C=O) groups excluding carboxylic acids is 3. The van der Waals surface area contributed by atoms with Crippen molar-refractivity contribution < 1.29 is 28.6 Å². The van der Waals surface area contributed by atoms with Gasteiger partial charge in [0.05, 0.1) is 0 Å². The van der Waals surface area contributed by atoms with Crippen LogP contribution in [0, 0.1) is 0 Å². The molecule has 0 N–H and O–H groups in total. The molecule has 0 aromatic carbocycles. The quantitative estimate of drug-likeness (QED) is 0.0262. The molecule has 0 heterocycles. The molecule has 0 bridgehead atoms. The summed E-state index contributed by atoms with van der Waals surface area (Å²) < 4.78 is 16.9. The van der Waals surface area contributed by atoms with Crippen LogP contribution < -0.4 is 0 Å². The molecule has 0 spiro atoms. The van der Waals surface area contributed by atoms with Crippen LogP contribution in [0.5, 0.6) is 0 Å². The van der Waals surface area contributed by atoms with Gasteiger partial charge in [-0.25, -0.2) is 0 Å². The molecular formula is C60H110O6. The molecule has 0 aliphatic carbocycles. The highest BCUT2D eigenvalue weighted by Crippen LogP contribution is 2.16. The van der Waals surface area contributed by atoms with Gasteiger partial charge < -0.3 is 14.2 Å². The Labute approximate surface area is 410 Å². The maximum absolute atomic E-state index is 12.8. The number of hydrogen-bond acceptors (Lipinski definition) is 6. The summed E-state index contributed by atoms with van der Waals surface area (Å²) in [4.78, 5) is 38.1. The van der Waals surface area contributed by atoms with E-state index >= 15 is 0 Å². The van der Waals surface area contributed by atoms with Crippen molar-refractivity contribution in [1.29, 1.82) is 0 Å². The van der Waals surface area contributed by atoms with E-state index in [4.69, 9.17) is 14.2 Å². The fraction of sp³-hybridized carbons (Fsp3) is 0.850. The second-order valence-electron chi connectivity index (χ2n) is 19.5. The molecule has 0 radical (unpaired) electrons. The van der Waals surface area contributed by atoms with Crippen molar-refractivity contribution in [3.63, 3.8) is 0 Å². The lowest BCUT2D eigenvalue weighted by Crippen LogP contribution is -2.30. The lowest BCUT2D eigenvalue weighted by Gasteiger charge is -2.18. The monoisotopic (exact) mass is 927 g/mol. The number of esters is 3. The molecule has 0 aliphatic rings. The van der Waals surface area contributed by atoms with Crippen LogP contribution in [-0.2, 0) is 28.6 Å². The second kappa shape index (κ2) is 55.2. The lowest BCUT2D eigenvalue weighted by atomic mass is 10.1. The van der Waals surface area contributed by atoms with Crippen LogP contribution in [0.25, 0.3) is 0 Å². The first-order valence-electron chi connectivity index (χ1n) is 29.0. The van der Waals surface area contributed by atoms with Gasteiger partial charge in [0.15, 0.2) is 6.10 Å². The predicted molar refractivity (Wildman–Crippen MR) is 284 cm³/mol. The van der Waals surface area contributed by atoms with E-state index in [1.54, 1.807) is 0 Å². The van der Waals surface area contributed by atoms with E-state index in [0.29, 0.717) is 19.3 Å². The minimum absolute atomic E-state index is 0.0753. The highest BCUT2D eigenvalue weighted by atomic mass is 16.6. The van der Waals surface area contributed by atoms with Crippen molar-refractivity contribution in [2.24, 2.45) is 0 Å². The van der Waals surface area contributed by atoms with E-state index in [0.717, 1.165) is 64.2 Å². The standard InChI is InChI=1S/C60H110O6/c1-4-7-10-13-16-19-22-25-28-29-30-31-33-35-38-41-44-47-50-53-59(62)65-56-57(55-64-58(61)52-49-46-43-40-37-34-27-24-21-18-15-12-9-6-3)66-60(63)54-51-48-45-42-39-36-32-26-23-20-17-14-11-8-5-2/h20,23-25,27-28,57H,4-19,21-22,26,29-56H2,1-3H3/b23-20+,27-24+,28-25+/t57-/m1/s1. The number of rotatable bonds is 53. The van der Waals surface area contributed by atoms with Crippen molar-refractivity contribution in [1.82, 2.24) is 0 Å². The maximum Gasteiger partial charge on any atom is 0.306 e. The van der Waals surface area contributed by atoms with Gasteiger partial charge in [-0.1, -0.05) is 231 Å². The third kappa shape index (κ3) is 52.6. The average molecular weight is 928 g/mol. The third-order valence-corrected chi connectivity index (χ3v) is 12.8. The van der Waals surface area contributed by atoms with Crippen LogP contribution in [0.1, 0.15) is 310 Å². The highest BCUT2D eigenvalue weighted by Gasteiger charge is 2.19. The Bertz CT molecular complexity index is 1110. The minimum atomic E-state index is -0.777. The molecule has 0 saturated heterocycles. The second-order valence-corrected chi connectivity index (χ2v) is 19.5. The van der Waals surface area contributed by atoms with E-state index < -0.39 is 6.10 Å². The van der Waals surface area contributed by atoms with Gasteiger partial charge in [0.1, 0.15) is 13.2 Å². The first-order chi connectivity index (χ1) is 32.5. The molecule has 0 unspecified atom stereocenters. The van der Waals surface area contributed by atoms with E-state index in [9.17, 15) is 14.4 Å². The third-order valence-electron chi connectivity index (χ3n) is 12.8. The normalized spacial score (nSPS) is 12.2. The molecule has 0 amide bonds. The molecule has 0 rings (SSSR count). The summed E-state index contributed by atoms with van der Waals surface area (Å²) in [7, 11) is 0. The summed E-state index contributed by atoms with van der Waals surface area (Å²) in [6, 6.07) is 0. The van der Waals surface area contributed by atoms with E-state index in [2.05, 4.69) is 57.2 Å². The molecule has 1 atom stereocenters. The van der Waals surface area contributed by atoms with Gasteiger partial charge in [0.25, 0.3) is 0 Å². The Kier molecular flexibility index (Phi) is 53.2. The number of carbonyl (C=O) groups is 3. The molecular weight excluding hydrogens is 817 g/mol. The number of unbranched alkanes of at least 4 members (excludes halogenated alkanes) is 36. The summed E-state index contributed by atoms with van der Waals surface area (Å²) in [6.07, 6.45) is 65.6. The molecule has 386 valence electrons. The van der Waals surface area contributed by atoms with Crippen molar-refractivity contribution in [2.75, 3.05) is 13.2 Å². The number of ether oxygens (including phenoxy) is 3. The van der Waals surface area contributed by atoms with Gasteiger partial charge in [0.2, 0.25) is 0 Å². The van der Waals surface area contributed by atoms with Gasteiger partial charge in [-0.15, -0.1) is 0 Å².